The maximum absolute atomic E-state index is 12.0. The molecule has 0 aliphatic rings. The van der Waals surface area contributed by atoms with E-state index in [9.17, 15) is 9.59 Å². The van der Waals surface area contributed by atoms with Crippen molar-refractivity contribution in [3.8, 4) is 11.1 Å². The van der Waals surface area contributed by atoms with Crippen LogP contribution in [0.15, 0.2) is 54.6 Å². The summed E-state index contributed by atoms with van der Waals surface area (Å²) in [6.45, 7) is 2.82. The number of anilines is 1. The molecule has 21 heavy (non-hydrogen) atoms. The van der Waals surface area contributed by atoms with Crippen LogP contribution >= 0.6 is 0 Å². The van der Waals surface area contributed by atoms with Crippen molar-refractivity contribution >= 4 is 17.6 Å². The standard InChI is InChI=1S/C17H17NO3/c1-12(21-13(2)19)17(20)18-16-11-7-6-10-15(16)14-8-4-3-5-9-14/h3-12H,1-2H3,(H,18,20)/t12-/m1/s1. The molecule has 0 aliphatic heterocycles. The van der Waals surface area contributed by atoms with E-state index in [4.69, 9.17) is 4.74 Å². The number of ether oxygens (including phenoxy) is 1. The Morgan fingerprint density at radius 3 is 2.29 bits per heavy atom. The van der Waals surface area contributed by atoms with E-state index in [1.54, 1.807) is 6.92 Å². The summed E-state index contributed by atoms with van der Waals surface area (Å²) in [5, 5.41) is 2.80. The van der Waals surface area contributed by atoms with E-state index < -0.39 is 12.1 Å². The number of nitrogens with one attached hydrogen (secondary N) is 1. The SMILES string of the molecule is CC(=O)O[C@H](C)C(=O)Nc1ccccc1-c1ccccc1. The molecule has 108 valence electrons. The van der Waals surface area contributed by atoms with E-state index in [2.05, 4.69) is 5.32 Å². The highest BCUT2D eigenvalue weighted by atomic mass is 16.5. The van der Waals surface area contributed by atoms with Crippen LogP contribution in [0.1, 0.15) is 13.8 Å². The van der Waals surface area contributed by atoms with Crippen LogP contribution in [0.2, 0.25) is 0 Å². The molecule has 0 saturated heterocycles. The van der Waals surface area contributed by atoms with Gasteiger partial charge in [-0.25, -0.2) is 0 Å². The molecule has 0 unspecified atom stereocenters. The van der Waals surface area contributed by atoms with Gasteiger partial charge >= 0.3 is 5.97 Å². The van der Waals surface area contributed by atoms with E-state index in [0.29, 0.717) is 5.69 Å². The fourth-order valence-corrected chi connectivity index (χ4v) is 2.00. The average Bonchev–Trinajstić information content (AvgIpc) is 2.48. The van der Waals surface area contributed by atoms with Crippen LogP contribution in [0.5, 0.6) is 0 Å². The fraction of sp³-hybridized carbons (Fsp3) is 0.176. The number of hydrogen-bond acceptors (Lipinski definition) is 3. The lowest BCUT2D eigenvalue weighted by Gasteiger charge is -2.15. The van der Waals surface area contributed by atoms with Crippen LogP contribution in [0.25, 0.3) is 11.1 Å². The topological polar surface area (TPSA) is 55.4 Å². The van der Waals surface area contributed by atoms with Crippen molar-refractivity contribution in [1.82, 2.24) is 0 Å². The summed E-state index contributed by atoms with van der Waals surface area (Å²) < 4.78 is 4.88. The van der Waals surface area contributed by atoms with Gasteiger partial charge < -0.3 is 10.1 Å². The molecular formula is C17H17NO3. The van der Waals surface area contributed by atoms with Gasteiger partial charge in [0, 0.05) is 18.2 Å². The summed E-state index contributed by atoms with van der Waals surface area (Å²) in [5.74, 6) is -0.831. The van der Waals surface area contributed by atoms with Gasteiger partial charge in [0.15, 0.2) is 6.10 Å². The van der Waals surface area contributed by atoms with Gasteiger partial charge in [-0.1, -0.05) is 48.5 Å². The van der Waals surface area contributed by atoms with Crippen molar-refractivity contribution in [3.63, 3.8) is 0 Å². The van der Waals surface area contributed by atoms with Crippen molar-refractivity contribution in [1.29, 1.82) is 0 Å². The first-order valence-electron chi connectivity index (χ1n) is 6.70. The lowest BCUT2D eigenvalue weighted by molar-refractivity contribution is -0.150. The van der Waals surface area contributed by atoms with E-state index in [-0.39, 0.29) is 5.91 Å². The molecule has 2 aromatic rings. The molecule has 0 heterocycles. The molecule has 1 amide bonds. The van der Waals surface area contributed by atoms with Crippen molar-refractivity contribution in [3.05, 3.63) is 54.6 Å². The van der Waals surface area contributed by atoms with E-state index in [1.807, 2.05) is 54.6 Å². The van der Waals surface area contributed by atoms with Crippen molar-refractivity contribution in [2.24, 2.45) is 0 Å². The van der Waals surface area contributed by atoms with Crippen LogP contribution in [0, 0.1) is 0 Å². The zero-order chi connectivity index (χ0) is 15.2. The minimum Gasteiger partial charge on any atom is -0.453 e. The number of carbonyl (C=O) groups is 2. The van der Waals surface area contributed by atoms with Crippen LogP contribution in [-0.2, 0) is 14.3 Å². The third-order valence-corrected chi connectivity index (χ3v) is 2.98. The molecular weight excluding hydrogens is 266 g/mol. The van der Waals surface area contributed by atoms with Gasteiger partial charge in [-0.3, -0.25) is 9.59 Å². The predicted molar refractivity (Wildman–Crippen MR) is 81.7 cm³/mol. The van der Waals surface area contributed by atoms with Crippen LogP contribution in [0.3, 0.4) is 0 Å². The Bertz CT molecular complexity index is 637. The Labute approximate surface area is 123 Å². The number of esters is 1. The molecule has 1 N–H and O–H groups in total. The van der Waals surface area contributed by atoms with Gasteiger partial charge in [0.2, 0.25) is 0 Å². The number of benzene rings is 2. The van der Waals surface area contributed by atoms with E-state index in [0.717, 1.165) is 11.1 Å². The first-order chi connectivity index (χ1) is 10.1. The van der Waals surface area contributed by atoms with Crippen molar-refractivity contribution in [2.75, 3.05) is 5.32 Å². The highest BCUT2D eigenvalue weighted by Gasteiger charge is 2.17. The van der Waals surface area contributed by atoms with Crippen molar-refractivity contribution < 1.29 is 14.3 Å². The Morgan fingerprint density at radius 1 is 1.00 bits per heavy atom. The average molecular weight is 283 g/mol. The maximum Gasteiger partial charge on any atom is 0.303 e. The number of amides is 1. The van der Waals surface area contributed by atoms with Gasteiger partial charge in [-0.2, -0.15) is 0 Å². The number of carbonyl (C=O) groups excluding carboxylic acids is 2. The Morgan fingerprint density at radius 2 is 1.62 bits per heavy atom. The Hall–Kier alpha value is -2.62. The summed E-state index contributed by atoms with van der Waals surface area (Å²) in [6, 6.07) is 17.3. The normalized spacial score (nSPS) is 11.5. The van der Waals surface area contributed by atoms with Crippen LogP contribution in [0.4, 0.5) is 5.69 Å². The second-order valence-electron chi connectivity index (χ2n) is 4.65. The van der Waals surface area contributed by atoms with Crippen molar-refractivity contribution in [2.45, 2.75) is 20.0 Å². The highest BCUT2D eigenvalue weighted by Crippen LogP contribution is 2.27. The molecule has 1 atom stereocenters. The van der Waals surface area contributed by atoms with Gasteiger partial charge in [0.05, 0.1) is 0 Å². The molecule has 0 saturated carbocycles. The Kier molecular flexibility index (Phi) is 4.72. The first-order valence-corrected chi connectivity index (χ1v) is 6.70. The van der Waals surface area contributed by atoms with Gasteiger partial charge in [0.1, 0.15) is 0 Å². The molecule has 0 fully saturated rings. The summed E-state index contributed by atoms with van der Waals surface area (Å²) in [4.78, 5) is 22.9. The van der Waals surface area contributed by atoms with Gasteiger partial charge in [-0.05, 0) is 18.6 Å². The molecule has 2 aromatic carbocycles. The highest BCUT2D eigenvalue weighted by molar-refractivity contribution is 5.98. The lowest BCUT2D eigenvalue weighted by atomic mass is 10.0. The van der Waals surface area contributed by atoms with Gasteiger partial charge in [0.25, 0.3) is 5.91 Å². The fourth-order valence-electron chi connectivity index (χ4n) is 2.00. The minimum atomic E-state index is -0.827. The summed E-state index contributed by atoms with van der Waals surface area (Å²) >= 11 is 0. The smallest absolute Gasteiger partial charge is 0.303 e. The molecule has 0 aliphatic carbocycles. The summed E-state index contributed by atoms with van der Waals surface area (Å²) in [7, 11) is 0. The maximum atomic E-state index is 12.0. The lowest BCUT2D eigenvalue weighted by Crippen LogP contribution is -2.29. The molecule has 0 radical (unpaired) electrons. The quantitative estimate of drug-likeness (QED) is 0.876. The molecule has 4 heteroatoms. The molecule has 0 aromatic heterocycles. The number of rotatable bonds is 4. The molecule has 2 rings (SSSR count). The molecule has 0 bridgehead atoms. The summed E-state index contributed by atoms with van der Waals surface area (Å²) in [5.41, 5.74) is 2.61. The minimum absolute atomic E-state index is 0.353. The second-order valence-corrected chi connectivity index (χ2v) is 4.65. The third-order valence-electron chi connectivity index (χ3n) is 2.98. The zero-order valence-corrected chi connectivity index (χ0v) is 12.0. The Balaban J connectivity index is 2.22. The van der Waals surface area contributed by atoms with E-state index >= 15 is 0 Å². The third kappa shape index (κ3) is 3.92. The largest absolute Gasteiger partial charge is 0.453 e. The zero-order valence-electron chi connectivity index (χ0n) is 12.0. The monoisotopic (exact) mass is 283 g/mol. The molecule has 0 spiro atoms. The van der Waals surface area contributed by atoms with E-state index in [1.165, 1.54) is 6.92 Å². The van der Waals surface area contributed by atoms with Crippen LogP contribution in [-0.4, -0.2) is 18.0 Å². The predicted octanol–water partition coefficient (Wildman–Crippen LogP) is 3.24. The van der Waals surface area contributed by atoms with Gasteiger partial charge in [-0.15, -0.1) is 0 Å². The number of hydrogen-bond donors (Lipinski definition) is 1. The number of para-hydroxylation sites is 1. The first kappa shape index (κ1) is 14.8. The second kappa shape index (κ2) is 6.70. The summed E-state index contributed by atoms with van der Waals surface area (Å²) in [6.07, 6.45) is -0.827. The van der Waals surface area contributed by atoms with Crippen LogP contribution < -0.4 is 5.32 Å². The molecule has 4 nitrogen and oxygen atoms in total.